The molecule has 19 heavy (non-hydrogen) atoms. The monoisotopic (exact) mass is 326 g/mol. The van der Waals surface area contributed by atoms with E-state index in [4.69, 9.17) is 5.84 Å². The van der Waals surface area contributed by atoms with Crippen molar-refractivity contribution in [2.75, 3.05) is 0 Å². The van der Waals surface area contributed by atoms with E-state index in [1.807, 2.05) is 23.9 Å². The summed E-state index contributed by atoms with van der Waals surface area (Å²) in [6.45, 7) is 0. The van der Waals surface area contributed by atoms with Crippen molar-refractivity contribution in [2.45, 2.75) is 18.9 Å². The molecule has 3 N–H and O–H groups in total. The molecule has 0 fully saturated rings. The summed E-state index contributed by atoms with van der Waals surface area (Å²) >= 11 is 3.14. The first kappa shape index (κ1) is 14.2. The van der Waals surface area contributed by atoms with Crippen molar-refractivity contribution in [1.29, 1.82) is 0 Å². The van der Waals surface area contributed by atoms with E-state index in [-0.39, 0.29) is 11.9 Å². The molecule has 0 bridgehead atoms. The Morgan fingerprint density at radius 1 is 1.47 bits per heavy atom. The molecule has 4 nitrogen and oxygen atoms in total. The number of aryl methyl sites for hydroxylation is 2. The zero-order valence-corrected chi connectivity index (χ0v) is 12.2. The Kier molecular flexibility index (Phi) is 4.68. The van der Waals surface area contributed by atoms with Crippen molar-refractivity contribution in [3.63, 3.8) is 0 Å². The summed E-state index contributed by atoms with van der Waals surface area (Å²) in [4.78, 5) is 0. The molecule has 0 aliphatic rings. The maximum atomic E-state index is 13.5. The van der Waals surface area contributed by atoms with Crippen molar-refractivity contribution in [3.8, 4) is 0 Å². The van der Waals surface area contributed by atoms with Gasteiger partial charge in [0.25, 0.3) is 0 Å². The van der Waals surface area contributed by atoms with E-state index in [1.54, 1.807) is 12.3 Å². The number of benzene rings is 1. The van der Waals surface area contributed by atoms with Crippen molar-refractivity contribution in [2.24, 2.45) is 12.9 Å². The van der Waals surface area contributed by atoms with Gasteiger partial charge in [0.1, 0.15) is 5.82 Å². The molecule has 0 spiro atoms. The Bertz CT molecular complexity index is 555. The molecule has 0 saturated heterocycles. The van der Waals surface area contributed by atoms with Crippen LogP contribution in [0.1, 0.15) is 23.7 Å². The van der Waals surface area contributed by atoms with Gasteiger partial charge in [-0.2, -0.15) is 5.10 Å². The van der Waals surface area contributed by atoms with Crippen molar-refractivity contribution < 1.29 is 4.39 Å². The fraction of sp³-hybridized carbons (Fsp3) is 0.308. The molecule has 0 aliphatic carbocycles. The second-order valence-corrected chi connectivity index (χ2v) is 5.23. The van der Waals surface area contributed by atoms with Gasteiger partial charge in [-0.05, 0) is 52.5 Å². The number of hydrogen-bond acceptors (Lipinski definition) is 3. The third kappa shape index (κ3) is 3.40. The van der Waals surface area contributed by atoms with E-state index in [0.29, 0.717) is 4.47 Å². The van der Waals surface area contributed by atoms with Gasteiger partial charge in [-0.1, -0.05) is 6.07 Å². The van der Waals surface area contributed by atoms with Crippen LogP contribution < -0.4 is 11.3 Å². The molecule has 1 heterocycles. The van der Waals surface area contributed by atoms with E-state index < -0.39 is 0 Å². The van der Waals surface area contributed by atoms with E-state index in [2.05, 4.69) is 26.5 Å². The summed E-state index contributed by atoms with van der Waals surface area (Å²) in [5.74, 6) is 5.28. The van der Waals surface area contributed by atoms with Gasteiger partial charge in [-0.25, -0.2) is 4.39 Å². The number of nitrogens with zero attached hydrogens (tertiary/aromatic N) is 2. The molecule has 2 rings (SSSR count). The lowest BCUT2D eigenvalue weighted by Crippen LogP contribution is -2.28. The maximum absolute atomic E-state index is 13.5. The highest BCUT2D eigenvalue weighted by Crippen LogP contribution is 2.23. The van der Waals surface area contributed by atoms with Gasteiger partial charge in [0, 0.05) is 25.0 Å². The van der Waals surface area contributed by atoms with Crippen LogP contribution in [0.4, 0.5) is 4.39 Å². The van der Waals surface area contributed by atoms with Gasteiger partial charge in [0.15, 0.2) is 0 Å². The molecule has 1 aromatic carbocycles. The molecule has 1 aromatic heterocycles. The quantitative estimate of drug-likeness (QED) is 0.655. The molecule has 102 valence electrons. The average molecular weight is 327 g/mol. The first-order chi connectivity index (χ1) is 9.11. The van der Waals surface area contributed by atoms with Crippen LogP contribution in [0.15, 0.2) is 34.9 Å². The van der Waals surface area contributed by atoms with Crippen molar-refractivity contribution in [3.05, 3.63) is 52.0 Å². The number of nitrogens with two attached hydrogens (primary N) is 1. The van der Waals surface area contributed by atoms with E-state index >= 15 is 0 Å². The first-order valence-electron chi connectivity index (χ1n) is 5.99. The molecule has 2 aromatic rings. The molecule has 1 atom stereocenters. The number of halogens is 2. The van der Waals surface area contributed by atoms with Crippen LogP contribution in [0.3, 0.4) is 0 Å². The number of aromatic nitrogens is 2. The van der Waals surface area contributed by atoms with Crippen LogP contribution >= 0.6 is 15.9 Å². The van der Waals surface area contributed by atoms with Gasteiger partial charge in [-0.3, -0.25) is 16.0 Å². The topological polar surface area (TPSA) is 55.9 Å². The fourth-order valence-corrected chi connectivity index (χ4v) is 2.26. The summed E-state index contributed by atoms with van der Waals surface area (Å²) in [6, 6.07) is 6.94. The van der Waals surface area contributed by atoms with E-state index in [0.717, 1.165) is 24.1 Å². The van der Waals surface area contributed by atoms with E-state index in [9.17, 15) is 4.39 Å². The number of nitrogens with one attached hydrogen (secondary N) is 1. The number of hydrogen-bond donors (Lipinski definition) is 2. The van der Waals surface area contributed by atoms with Crippen LogP contribution in [-0.4, -0.2) is 9.78 Å². The second-order valence-electron chi connectivity index (χ2n) is 4.38. The average Bonchev–Trinajstić information content (AvgIpc) is 2.80. The summed E-state index contributed by atoms with van der Waals surface area (Å²) in [6.07, 6.45) is 3.36. The summed E-state index contributed by atoms with van der Waals surface area (Å²) < 4.78 is 15.8. The zero-order valence-electron chi connectivity index (χ0n) is 10.6. The molecule has 1 unspecified atom stereocenters. The minimum absolute atomic E-state index is 0.0856. The van der Waals surface area contributed by atoms with Crippen molar-refractivity contribution >= 4 is 15.9 Å². The SMILES string of the molecule is Cn1nccc1CCC(NN)c1ccc(Br)c(F)c1. The normalized spacial score (nSPS) is 12.6. The number of hydrazine groups is 1. The third-order valence-electron chi connectivity index (χ3n) is 3.16. The minimum atomic E-state index is -0.279. The highest BCUT2D eigenvalue weighted by atomic mass is 79.9. The molecule has 0 amide bonds. The van der Waals surface area contributed by atoms with Gasteiger partial charge in [-0.15, -0.1) is 0 Å². The van der Waals surface area contributed by atoms with Crippen LogP contribution in [0.5, 0.6) is 0 Å². The second kappa shape index (κ2) is 6.27. The van der Waals surface area contributed by atoms with Gasteiger partial charge < -0.3 is 0 Å². The smallest absolute Gasteiger partial charge is 0.137 e. The Balaban J connectivity index is 2.07. The van der Waals surface area contributed by atoms with Gasteiger partial charge in [0.2, 0.25) is 0 Å². The summed E-state index contributed by atoms with van der Waals surface area (Å²) in [5.41, 5.74) is 4.70. The van der Waals surface area contributed by atoms with Crippen LogP contribution in [0.2, 0.25) is 0 Å². The lowest BCUT2D eigenvalue weighted by molar-refractivity contribution is 0.502. The number of rotatable bonds is 5. The minimum Gasteiger partial charge on any atom is -0.273 e. The van der Waals surface area contributed by atoms with Crippen LogP contribution in [0.25, 0.3) is 0 Å². The Morgan fingerprint density at radius 2 is 2.26 bits per heavy atom. The summed E-state index contributed by atoms with van der Waals surface area (Å²) in [7, 11) is 1.90. The Hall–Kier alpha value is -1.24. The first-order valence-corrected chi connectivity index (χ1v) is 6.79. The highest BCUT2D eigenvalue weighted by Gasteiger charge is 2.12. The van der Waals surface area contributed by atoms with E-state index in [1.165, 1.54) is 6.07 Å². The van der Waals surface area contributed by atoms with Crippen molar-refractivity contribution in [1.82, 2.24) is 15.2 Å². The molecule has 0 aliphatic heterocycles. The standard InChI is InChI=1S/C13H16BrFN4/c1-19-10(6-7-17-19)3-5-13(18-16)9-2-4-11(14)12(15)8-9/h2,4,6-8,13,18H,3,5,16H2,1H3. The molecule has 6 heteroatoms. The molecular weight excluding hydrogens is 311 g/mol. The fourth-order valence-electron chi connectivity index (χ4n) is 2.01. The van der Waals surface area contributed by atoms with Gasteiger partial charge >= 0.3 is 0 Å². The predicted molar refractivity (Wildman–Crippen MR) is 75.7 cm³/mol. The Morgan fingerprint density at radius 3 is 2.84 bits per heavy atom. The highest BCUT2D eigenvalue weighted by molar-refractivity contribution is 9.10. The zero-order chi connectivity index (χ0) is 13.8. The van der Waals surface area contributed by atoms with Crippen LogP contribution in [0, 0.1) is 5.82 Å². The van der Waals surface area contributed by atoms with Gasteiger partial charge in [0.05, 0.1) is 4.47 Å². The summed E-state index contributed by atoms with van der Waals surface area (Å²) in [5, 5.41) is 4.12. The molecule has 0 radical (unpaired) electrons. The lowest BCUT2D eigenvalue weighted by Gasteiger charge is -2.16. The molecule has 0 saturated carbocycles. The third-order valence-corrected chi connectivity index (χ3v) is 3.80. The maximum Gasteiger partial charge on any atom is 0.137 e. The molecular formula is C13H16BrFN4. The Labute approximate surface area is 119 Å². The van der Waals surface area contributed by atoms with Crippen LogP contribution in [-0.2, 0) is 13.5 Å². The lowest BCUT2D eigenvalue weighted by atomic mass is 10.0. The largest absolute Gasteiger partial charge is 0.273 e. The predicted octanol–water partition coefficient (Wildman–Crippen LogP) is 2.46.